The number of halogens is 2. The maximum Gasteiger partial charge on any atom is 0.123 e. The van der Waals surface area contributed by atoms with Gasteiger partial charge in [-0.1, -0.05) is 36.4 Å². The van der Waals surface area contributed by atoms with Crippen LogP contribution in [0, 0.1) is 11.6 Å². The maximum absolute atomic E-state index is 13.6. The zero-order valence-electron chi connectivity index (χ0n) is 14.9. The fraction of sp³-hybridized carbons (Fsp3) is 0. The fourth-order valence-electron chi connectivity index (χ4n) is 3.09. The summed E-state index contributed by atoms with van der Waals surface area (Å²) in [5.41, 5.74) is 4.63. The molecule has 4 aromatic rings. The molecule has 0 atom stereocenters. The van der Waals surface area contributed by atoms with Crippen LogP contribution in [0.15, 0.2) is 97.3 Å². The first-order chi connectivity index (χ1) is 13.7. The Bertz CT molecular complexity index is 998. The third-order valence-corrected chi connectivity index (χ3v) is 4.36. The van der Waals surface area contributed by atoms with Gasteiger partial charge in [0, 0.05) is 23.5 Å². The van der Waals surface area contributed by atoms with Gasteiger partial charge in [0.2, 0.25) is 0 Å². The van der Waals surface area contributed by atoms with Crippen molar-refractivity contribution >= 4 is 11.1 Å². The van der Waals surface area contributed by atoms with Crippen LogP contribution in [0.4, 0.5) is 8.78 Å². The number of hydrogen-bond donors (Lipinski definition) is 0. The van der Waals surface area contributed by atoms with Crippen LogP contribution < -0.4 is 0 Å². The molecule has 0 aliphatic rings. The normalized spacial score (nSPS) is 11.8. The van der Waals surface area contributed by atoms with Crippen molar-refractivity contribution < 1.29 is 8.78 Å². The van der Waals surface area contributed by atoms with Gasteiger partial charge in [-0.15, -0.1) is 0 Å². The molecule has 0 amide bonds. The van der Waals surface area contributed by atoms with Crippen LogP contribution in [0.2, 0.25) is 0 Å². The second kappa shape index (κ2) is 7.92. The number of hydrogen-bond acceptors (Lipinski definition) is 2. The summed E-state index contributed by atoms with van der Waals surface area (Å²) >= 11 is 0. The van der Waals surface area contributed by atoms with E-state index in [4.69, 9.17) is 0 Å². The first kappa shape index (κ1) is 17.7. The first-order valence-corrected chi connectivity index (χ1v) is 8.81. The Morgan fingerprint density at radius 3 is 1.21 bits per heavy atom. The quantitative estimate of drug-likeness (QED) is 0.427. The molecule has 0 fully saturated rings. The number of benzene rings is 2. The summed E-state index contributed by atoms with van der Waals surface area (Å²) in [5, 5.41) is 0. The van der Waals surface area contributed by atoms with Crippen molar-refractivity contribution in [3.8, 4) is 0 Å². The van der Waals surface area contributed by atoms with E-state index in [9.17, 15) is 8.78 Å². The Morgan fingerprint density at radius 2 is 0.893 bits per heavy atom. The summed E-state index contributed by atoms with van der Waals surface area (Å²) in [6, 6.07) is 23.8. The smallest absolute Gasteiger partial charge is 0.123 e. The molecule has 2 heterocycles. The highest BCUT2D eigenvalue weighted by Crippen LogP contribution is 2.35. The highest BCUT2D eigenvalue weighted by atomic mass is 19.1. The lowest BCUT2D eigenvalue weighted by molar-refractivity contribution is 0.627. The van der Waals surface area contributed by atoms with Crippen LogP contribution in [-0.4, -0.2) is 9.97 Å². The molecule has 0 spiro atoms. The third-order valence-electron chi connectivity index (χ3n) is 4.36. The summed E-state index contributed by atoms with van der Waals surface area (Å²) in [6.07, 6.45) is 3.42. The summed E-state index contributed by atoms with van der Waals surface area (Å²) in [7, 11) is 0. The van der Waals surface area contributed by atoms with Crippen LogP contribution in [0.1, 0.15) is 22.5 Å². The fourth-order valence-corrected chi connectivity index (χ4v) is 3.09. The molecule has 0 saturated heterocycles. The van der Waals surface area contributed by atoms with Gasteiger partial charge in [0.05, 0.1) is 11.4 Å². The van der Waals surface area contributed by atoms with Gasteiger partial charge in [-0.3, -0.25) is 9.97 Å². The molecular weight excluding hydrogens is 354 g/mol. The monoisotopic (exact) mass is 370 g/mol. The molecular formula is C24H16F2N2. The lowest BCUT2D eigenvalue weighted by Gasteiger charge is -2.16. The Morgan fingerprint density at radius 1 is 0.500 bits per heavy atom. The lowest BCUT2D eigenvalue weighted by Crippen LogP contribution is -2.00. The molecule has 0 radical (unpaired) electrons. The van der Waals surface area contributed by atoms with Crippen molar-refractivity contribution in [3.05, 3.63) is 131 Å². The predicted octanol–water partition coefficient (Wildman–Crippen LogP) is 5.76. The largest absolute Gasteiger partial charge is 0.256 e. The summed E-state index contributed by atoms with van der Waals surface area (Å²) in [5.74, 6) is -0.629. The molecule has 4 heteroatoms. The topological polar surface area (TPSA) is 25.8 Å². The molecule has 0 aliphatic heterocycles. The molecule has 0 unspecified atom stereocenters. The minimum atomic E-state index is -0.315. The lowest BCUT2D eigenvalue weighted by atomic mass is 9.89. The second-order valence-corrected chi connectivity index (χ2v) is 6.19. The SMILES string of the molecule is Fc1ccc(/C(=C(\c2ccc(F)cc2)c2ccccn2)c2ccccn2)cc1. The average molecular weight is 370 g/mol. The number of nitrogens with zero attached hydrogens (tertiary/aromatic N) is 2. The van der Waals surface area contributed by atoms with Gasteiger partial charge in [-0.05, 0) is 59.7 Å². The van der Waals surface area contributed by atoms with Crippen molar-refractivity contribution in [2.75, 3.05) is 0 Å². The highest BCUT2D eigenvalue weighted by molar-refractivity contribution is 6.03. The van der Waals surface area contributed by atoms with E-state index in [-0.39, 0.29) is 11.6 Å². The molecule has 2 nitrogen and oxygen atoms in total. The van der Waals surface area contributed by atoms with Gasteiger partial charge in [-0.2, -0.15) is 0 Å². The Kier molecular flexibility index (Phi) is 5.02. The van der Waals surface area contributed by atoms with Crippen LogP contribution in [0.25, 0.3) is 11.1 Å². The van der Waals surface area contributed by atoms with Gasteiger partial charge < -0.3 is 0 Å². The first-order valence-electron chi connectivity index (χ1n) is 8.81. The Balaban J connectivity index is 2.08. The zero-order valence-corrected chi connectivity index (χ0v) is 14.9. The Labute approximate surface area is 161 Å². The number of pyridine rings is 2. The van der Waals surface area contributed by atoms with Gasteiger partial charge in [-0.25, -0.2) is 8.78 Å². The molecule has 0 bridgehead atoms. The maximum atomic E-state index is 13.6. The predicted molar refractivity (Wildman–Crippen MR) is 106 cm³/mol. The summed E-state index contributed by atoms with van der Waals surface area (Å²) in [4.78, 5) is 9.03. The number of aromatic nitrogens is 2. The van der Waals surface area contributed by atoms with Crippen LogP contribution in [-0.2, 0) is 0 Å². The number of rotatable bonds is 4. The molecule has 136 valence electrons. The minimum Gasteiger partial charge on any atom is -0.256 e. The van der Waals surface area contributed by atoms with E-state index in [0.717, 1.165) is 33.7 Å². The zero-order chi connectivity index (χ0) is 19.3. The molecule has 0 N–H and O–H groups in total. The Hall–Kier alpha value is -3.66. The van der Waals surface area contributed by atoms with Crippen molar-refractivity contribution in [3.63, 3.8) is 0 Å². The van der Waals surface area contributed by atoms with Crippen molar-refractivity contribution in [1.82, 2.24) is 9.97 Å². The summed E-state index contributed by atoms with van der Waals surface area (Å²) < 4.78 is 27.1. The van der Waals surface area contributed by atoms with Crippen molar-refractivity contribution in [1.29, 1.82) is 0 Å². The average Bonchev–Trinajstić information content (AvgIpc) is 2.75. The van der Waals surface area contributed by atoms with E-state index in [0.29, 0.717) is 0 Å². The third kappa shape index (κ3) is 3.71. The molecule has 2 aromatic carbocycles. The van der Waals surface area contributed by atoms with Crippen molar-refractivity contribution in [2.45, 2.75) is 0 Å². The molecule has 2 aromatic heterocycles. The van der Waals surface area contributed by atoms with Gasteiger partial charge in [0.25, 0.3) is 0 Å². The molecule has 0 aliphatic carbocycles. The van der Waals surface area contributed by atoms with Crippen LogP contribution in [0.5, 0.6) is 0 Å². The van der Waals surface area contributed by atoms with E-state index >= 15 is 0 Å². The van der Waals surface area contributed by atoms with Crippen molar-refractivity contribution in [2.24, 2.45) is 0 Å². The van der Waals surface area contributed by atoms with E-state index in [1.54, 1.807) is 36.7 Å². The van der Waals surface area contributed by atoms with E-state index < -0.39 is 0 Å². The molecule has 0 saturated carbocycles. The minimum absolute atomic E-state index is 0.315. The molecule has 28 heavy (non-hydrogen) atoms. The van der Waals surface area contributed by atoms with Gasteiger partial charge >= 0.3 is 0 Å². The molecule has 4 rings (SSSR count). The standard InChI is InChI=1S/C24H16F2N2/c25-19-11-7-17(8-12-19)23(21-5-1-3-15-27-21)24(22-6-2-4-16-28-22)18-9-13-20(26)14-10-18/h1-16H/b24-23-. The van der Waals surface area contributed by atoms with E-state index in [2.05, 4.69) is 9.97 Å². The highest BCUT2D eigenvalue weighted by Gasteiger charge is 2.18. The van der Waals surface area contributed by atoms with E-state index in [1.165, 1.54) is 24.3 Å². The second-order valence-electron chi connectivity index (χ2n) is 6.19. The van der Waals surface area contributed by atoms with E-state index in [1.807, 2.05) is 36.4 Å². The van der Waals surface area contributed by atoms with Gasteiger partial charge in [0.1, 0.15) is 11.6 Å². The van der Waals surface area contributed by atoms with Crippen LogP contribution in [0.3, 0.4) is 0 Å². The van der Waals surface area contributed by atoms with Crippen LogP contribution >= 0.6 is 0 Å². The van der Waals surface area contributed by atoms with Gasteiger partial charge in [0.15, 0.2) is 0 Å². The summed E-state index contributed by atoms with van der Waals surface area (Å²) in [6.45, 7) is 0.